The number of hydrogen-bond donors (Lipinski definition) is 1. The molecule has 0 bridgehead atoms. The van der Waals surface area contributed by atoms with Crippen LogP contribution in [0.5, 0.6) is 0 Å². The van der Waals surface area contributed by atoms with E-state index in [0.29, 0.717) is 29.2 Å². The second-order valence-electron chi connectivity index (χ2n) is 3.93. The van der Waals surface area contributed by atoms with E-state index in [1.54, 1.807) is 6.07 Å². The van der Waals surface area contributed by atoms with E-state index in [9.17, 15) is 0 Å². The summed E-state index contributed by atoms with van der Waals surface area (Å²) in [5.41, 5.74) is 8.32. The molecule has 1 heterocycles. The molecule has 100 valence electrons. The summed E-state index contributed by atoms with van der Waals surface area (Å²) < 4.78 is 5.17. The van der Waals surface area contributed by atoms with Gasteiger partial charge >= 0.3 is 0 Å². The van der Waals surface area contributed by atoms with E-state index in [0.717, 1.165) is 16.9 Å². The highest BCUT2D eigenvalue weighted by molar-refractivity contribution is 6.32. The third kappa shape index (κ3) is 3.07. The van der Waals surface area contributed by atoms with Crippen molar-refractivity contribution < 1.29 is 4.52 Å². The average Bonchev–Trinajstić information content (AvgIpc) is 2.81. The Morgan fingerprint density at radius 1 is 1.47 bits per heavy atom. The molecular formula is C13H13Cl2N3O. The third-order valence-corrected chi connectivity index (χ3v) is 3.22. The smallest absolute Gasteiger partial charge is 0.138 e. The highest BCUT2D eigenvalue weighted by Crippen LogP contribution is 2.30. The number of nitriles is 1. The maximum absolute atomic E-state index is 8.90. The number of hydrogen-bond acceptors (Lipinski definition) is 4. The molecule has 0 amide bonds. The van der Waals surface area contributed by atoms with Crippen LogP contribution in [0.3, 0.4) is 0 Å². The van der Waals surface area contributed by atoms with Crippen LogP contribution in [0.25, 0.3) is 11.3 Å². The molecule has 4 nitrogen and oxygen atoms in total. The molecular weight excluding hydrogens is 285 g/mol. The van der Waals surface area contributed by atoms with Gasteiger partial charge in [0.15, 0.2) is 0 Å². The largest absolute Gasteiger partial charge is 0.361 e. The number of nitrogens with two attached hydrogens (primary N) is 1. The average molecular weight is 298 g/mol. The van der Waals surface area contributed by atoms with Gasteiger partial charge in [0.1, 0.15) is 17.5 Å². The molecule has 0 atom stereocenters. The van der Waals surface area contributed by atoms with Crippen molar-refractivity contribution in [3.63, 3.8) is 0 Å². The number of benzene rings is 1. The van der Waals surface area contributed by atoms with Crippen molar-refractivity contribution in [3.8, 4) is 17.3 Å². The van der Waals surface area contributed by atoms with Crippen LogP contribution in [-0.4, -0.2) is 11.7 Å². The summed E-state index contributed by atoms with van der Waals surface area (Å²) in [4.78, 5) is 0. The monoisotopic (exact) mass is 297 g/mol. The minimum atomic E-state index is 0. The summed E-state index contributed by atoms with van der Waals surface area (Å²) in [5.74, 6) is 0.743. The molecule has 0 aliphatic carbocycles. The second-order valence-corrected chi connectivity index (χ2v) is 4.31. The van der Waals surface area contributed by atoms with Gasteiger partial charge in [-0.15, -0.1) is 12.4 Å². The van der Waals surface area contributed by atoms with Crippen molar-refractivity contribution in [2.75, 3.05) is 6.54 Å². The van der Waals surface area contributed by atoms with Gasteiger partial charge in [-0.05, 0) is 25.1 Å². The molecule has 19 heavy (non-hydrogen) atoms. The summed E-state index contributed by atoms with van der Waals surface area (Å²) in [7, 11) is 0. The first-order valence-corrected chi connectivity index (χ1v) is 5.90. The van der Waals surface area contributed by atoms with Crippen LogP contribution in [0.1, 0.15) is 16.9 Å². The van der Waals surface area contributed by atoms with Crippen LogP contribution >= 0.6 is 24.0 Å². The van der Waals surface area contributed by atoms with Crippen molar-refractivity contribution in [3.05, 3.63) is 40.1 Å². The van der Waals surface area contributed by atoms with Gasteiger partial charge in [0, 0.05) is 18.1 Å². The van der Waals surface area contributed by atoms with E-state index in [-0.39, 0.29) is 12.4 Å². The van der Waals surface area contributed by atoms with Crippen molar-refractivity contribution in [2.24, 2.45) is 5.73 Å². The van der Waals surface area contributed by atoms with Gasteiger partial charge < -0.3 is 10.3 Å². The van der Waals surface area contributed by atoms with Crippen LogP contribution in [0.4, 0.5) is 0 Å². The zero-order chi connectivity index (χ0) is 13.1. The van der Waals surface area contributed by atoms with Crippen LogP contribution in [0.15, 0.2) is 22.7 Å². The Morgan fingerprint density at radius 3 is 2.84 bits per heavy atom. The summed E-state index contributed by atoms with van der Waals surface area (Å²) in [5, 5.41) is 13.3. The fraction of sp³-hybridized carbons (Fsp3) is 0.231. The standard InChI is InChI=1S/C13H12ClN3O.ClH/c1-8-11(3-2-9(7-16)13(8)14)12-6-10(4-5-15)18-17-12;/h2-3,6H,4-5,15H2,1H3;1H. The maximum atomic E-state index is 8.90. The van der Waals surface area contributed by atoms with E-state index in [1.807, 2.05) is 25.1 Å². The molecule has 0 unspecified atom stereocenters. The quantitative estimate of drug-likeness (QED) is 0.944. The van der Waals surface area contributed by atoms with E-state index >= 15 is 0 Å². The molecule has 0 aliphatic rings. The molecule has 2 N–H and O–H groups in total. The molecule has 0 spiro atoms. The summed E-state index contributed by atoms with van der Waals surface area (Å²) in [6.45, 7) is 2.37. The van der Waals surface area contributed by atoms with Crippen LogP contribution < -0.4 is 5.73 Å². The van der Waals surface area contributed by atoms with Gasteiger partial charge in [0.05, 0.1) is 10.6 Å². The third-order valence-electron chi connectivity index (χ3n) is 2.73. The lowest BCUT2D eigenvalue weighted by Gasteiger charge is -2.05. The summed E-state index contributed by atoms with van der Waals surface area (Å²) in [6, 6.07) is 7.40. The Kier molecular flexibility index (Phi) is 5.37. The molecule has 0 saturated carbocycles. The molecule has 2 rings (SSSR count). The van der Waals surface area contributed by atoms with Crippen molar-refractivity contribution >= 4 is 24.0 Å². The lowest BCUT2D eigenvalue weighted by molar-refractivity contribution is 0.386. The zero-order valence-electron chi connectivity index (χ0n) is 10.3. The minimum absolute atomic E-state index is 0. The van der Waals surface area contributed by atoms with E-state index in [2.05, 4.69) is 5.16 Å². The van der Waals surface area contributed by atoms with E-state index in [1.165, 1.54) is 0 Å². The highest BCUT2D eigenvalue weighted by atomic mass is 35.5. The SMILES string of the molecule is Cc1c(-c2cc(CCN)on2)ccc(C#N)c1Cl.Cl. The minimum Gasteiger partial charge on any atom is -0.361 e. The molecule has 0 saturated heterocycles. The topological polar surface area (TPSA) is 75.8 Å². The van der Waals surface area contributed by atoms with Gasteiger partial charge in [-0.3, -0.25) is 0 Å². The molecule has 2 aromatic rings. The lowest BCUT2D eigenvalue weighted by atomic mass is 10.0. The van der Waals surface area contributed by atoms with Gasteiger partial charge in [0.25, 0.3) is 0 Å². The van der Waals surface area contributed by atoms with E-state index in [4.69, 9.17) is 27.1 Å². The first kappa shape index (κ1) is 15.5. The van der Waals surface area contributed by atoms with Gasteiger partial charge in [0.2, 0.25) is 0 Å². The Bertz CT molecular complexity index is 617. The molecule has 1 aromatic heterocycles. The van der Waals surface area contributed by atoms with Gasteiger partial charge in [-0.2, -0.15) is 5.26 Å². The van der Waals surface area contributed by atoms with E-state index < -0.39 is 0 Å². The van der Waals surface area contributed by atoms with Gasteiger partial charge in [-0.1, -0.05) is 22.8 Å². The van der Waals surface area contributed by atoms with Crippen LogP contribution in [0, 0.1) is 18.3 Å². The summed E-state index contributed by atoms with van der Waals surface area (Å²) in [6.07, 6.45) is 0.649. The van der Waals surface area contributed by atoms with Crippen molar-refractivity contribution in [2.45, 2.75) is 13.3 Å². The Morgan fingerprint density at radius 2 is 2.21 bits per heavy atom. The van der Waals surface area contributed by atoms with Crippen molar-refractivity contribution in [1.82, 2.24) is 5.16 Å². The first-order chi connectivity index (χ1) is 8.67. The normalized spacial score (nSPS) is 9.79. The molecule has 6 heteroatoms. The zero-order valence-corrected chi connectivity index (χ0v) is 11.9. The maximum Gasteiger partial charge on any atom is 0.138 e. The first-order valence-electron chi connectivity index (χ1n) is 5.52. The molecule has 0 aliphatic heterocycles. The molecule has 0 fully saturated rings. The predicted molar refractivity (Wildman–Crippen MR) is 76.4 cm³/mol. The Labute approximate surface area is 122 Å². The Balaban J connectivity index is 0.00000180. The highest BCUT2D eigenvalue weighted by Gasteiger charge is 2.13. The second kappa shape index (κ2) is 6.58. The Hall–Kier alpha value is -1.54. The predicted octanol–water partition coefficient (Wildman–Crippen LogP) is 3.10. The lowest BCUT2D eigenvalue weighted by Crippen LogP contribution is -2.01. The number of rotatable bonds is 3. The van der Waals surface area contributed by atoms with Crippen molar-refractivity contribution in [1.29, 1.82) is 5.26 Å². The summed E-state index contributed by atoms with van der Waals surface area (Å²) >= 11 is 6.12. The molecule has 0 radical (unpaired) electrons. The van der Waals surface area contributed by atoms with Gasteiger partial charge in [-0.25, -0.2) is 0 Å². The fourth-order valence-corrected chi connectivity index (χ4v) is 1.96. The van der Waals surface area contributed by atoms with Crippen LogP contribution in [-0.2, 0) is 6.42 Å². The molecule has 1 aromatic carbocycles. The van der Waals surface area contributed by atoms with Crippen LogP contribution in [0.2, 0.25) is 5.02 Å². The number of halogens is 2. The number of nitrogens with zero attached hydrogens (tertiary/aromatic N) is 2. The fourth-order valence-electron chi connectivity index (χ4n) is 1.75. The number of aromatic nitrogens is 1.